The van der Waals surface area contributed by atoms with E-state index in [4.69, 9.17) is 5.11 Å². The van der Waals surface area contributed by atoms with Gasteiger partial charge in [0.2, 0.25) is 0 Å². The number of hydrogen-bond acceptors (Lipinski definition) is 3. The van der Waals surface area contributed by atoms with Crippen LogP contribution >= 0.6 is 11.8 Å². The van der Waals surface area contributed by atoms with Crippen molar-refractivity contribution in [2.24, 2.45) is 11.8 Å². The molecule has 1 aliphatic heterocycles. The molecule has 0 radical (unpaired) electrons. The normalized spacial score (nSPS) is 20.5. The Balaban J connectivity index is 2.29. The van der Waals surface area contributed by atoms with Crippen molar-refractivity contribution in [1.82, 2.24) is 5.32 Å². The molecule has 1 saturated heterocycles. The summed E-state index contributed by atoms with van der Waals surface area (Å²) in [7, 11) is 0. The van der Waals surface area contributed by atoms with Crippen molar-refractivity contribution >= 4 is 17.7 Å². The van der Waals surface area contributed by atoms with Gasteiger partial charge < -0.3 is 10.4 Å². The summed E-state index contributed by atoms with van der Waals surface area (Å²) in [5.74, 6) is 2.56. The fraction of sp³-hybridized carbons (Fsp3) is 0.909. The molecule has 0 aromatic carbocycles. The summed E-state index contributed by atoms with van der Waals surface area (Å²) in [4.78, 5) is 10.9. The number of hydrogen-bond donors (Lipinski definition) is 2. The van der Waals surface area contributed by atoms with E-state index in [1.54, 1.807) is 0 Å². The van der Waals surface area contributed by atoms with Gasteiger partial charge in [-0.2, -0.15) is 11.8 Å². The molecule has 0 amide bonds. The standard InChI is InChI=1S/C11H21NO2S/c1-8(2)10(11(13)14)12-7-9-3-5-15-6-4-9/h8-10,12H,3-7H2,1-2H3,(H,13,14). The fourth-order valence-electron chi connectivity index (χ4n) is 1.85. The van der Waals surface area contributed by atoms with Gasteiger partial charge in [0.05, 0.1) is 0 Å². The van der Waals surface area contributed by atoms with E-state index in [1.165, 1.54) is 24.3 Å². The molecule has 1 aliphatic rings. The summed E-state index contributed by atoms with van der Waals surface area (Å²) in [6.45, 7) is 4.75. The summed E-state index contributed by atoms with van der Waals surface area (Å²) >= 11 is 2.00. The van der Waals surface area contributed by atoms with Gasteiger partial charge in [-0.3, -0.25) is 4.79 Å². The number of nitrogens with one attached hydrogen (secondary N) is 1. The van der Waals surface area contributed by atoms with Crippen LogP contribution in [0.1, 0.15) is 26.7 Å². The zero-order valence-electron chi connectivity index (χ0n) is 9.53. The molecule has 15 heavy (non-hydrogen) atoms. The Bertz CT molecular complexity index is 203. The van der Waals surface area contributed by atoms with Gasteiger partial charge in [-0.1, -0.05) is 13.8 Å². The molecule has 1 unspecified atom stereocenters. The van der Waals surface area contributed by atoms with Crippen molar-refractivity contribution in [3.05, 3.63) is 0 Å². The number of carboxylic acids is 1. The molecule has 2 N–H and O–H groups in total. The summed E-state index contributed by atoms with van der Waals surface area (Å²) in [6, 6.07) is -0.389. The summed E-state index contributed by atoms with van der Waals surface area (Å²) in [6.07, 6.45) is 2.45. The second-order valence-electron chi connectivity index (χ2n) is 4.52. The van der Waals surface area contributed by atoms with Crippen molar-refractivity contribution in [2.75, 3.05) is 18.1 Å². The predicted molar refractivity (Wildman–Crippen MR) is 64.3 cm³/mol. The Morgan fingerprint density at radius 2 is 2.07 bits per heavy atom. The van der Waals surface area contributed by atoms with Crippen LogP contribution in [0, 0.1) is 11.8 Å². The lowest BCUT2D eigenvalue weighted by atomic mass is 10.00. The van der Waals surface area contributed by atoms with Crippen molar-refractivity contribution in [1.29, 1.82) is 0 Å². The third-order valence-electron chi connectivity index (χ3n) is 2.90. The van der Waals surface area contributed by atoms with Gasteiger partial charge in [0.15, 0.2) is 0 Å². The number of thioether (sulfide) groups is 1. The monoisotopic (exact) mass is 231 g/mol. The van der Waals surface area contributed by atoms with Crippen LogP contribution in [-0.2, 0) is 4.79 Å². The van der Waals surface area contributed by atoms with E-state index < -0.39 is 5.97 Å². The molecule has 0 bridgehead atoms. The zero-order valence-corrected chi connectivity index (χ0v) is 10.3. The lowest BCUT2D eigenvalue weighted by Crippen LogP contribution is -2.43. The Morgan fingerprint density at radius 3 is 2.53 bits per heavy atom. The van der Waals surface area contributed by atoms with E-state index in [0.29, 0.717) is 5.92 Å². The predicted octanol–water partition coefficient (Wildman–Crippen LogP) is 1.83. The maximum Gasteiger partial charge on any atom is 0.320 e. The Morgan fingerprint density at radius 1 is 1.47 bits per heavy atom. The Hall–Kier alpha value is -0.220. The highest BCUT2D eigenvalue weighted by Crippen LogP contribution is 2.22. The van der Waals surface area contributed by atoms with Crippen LogP contribution in [0.15, 0.2) is 0 Å². The molecular weight excluding hydrogens is 210 g/mol. The molecule has 0 spiro atoms. The van der Waals surface area contributed by atoms with E-state index >= 15 is 0 Å². The van der Waals surface area contributed by atoms with Crippen LogP contribution in [0.3, 0.4) is 0 Å². The lowest BCUT2D eigenvalue weighted by molar-refractivity contribution is -0.140. The van der Waals surface area contributed by atoms with Crippen LogP contribution < -0.4 is 5.32 Å². The Labute approximate surface area is 96.0 Å². The number of carbonyl (C=O) groups is 1. The third kappa shape index (κ3) is 4.43. The van der Waals surface area contributed by atoms with E-state index in [9.17, 15) is 4.79 Å². The van der Waals surface area contributed by atoms with E-state index in [2.05, 4.69) is 5.32 Å². The minimum atomic E-state index is -0.727. The van der Waals surface area contributed by atoms with Crippen molar-refractivity contribution in [3.63, 3.8) is 0 Å². The van der Waals surface area contributed by atoms with Gasteiger partial charge in [0, 0.05) is 0 Å². The number of carboxylic acid groups (broad SMARTS) is 1. The van der Waals surface area contributed by atoms with Crippen LogP contribution in [-0.4, -0.2) is 35.2 Å². The molecule has 3 nitrogen and oxygen atoms in total. The van der Waals surface area contributed by atoms with E-state index in [-0.39, 0.29) is 12.0 Å². The maximum atomic E-state index is 10.9. The topological polar surface area (TPSA) is 49.3 Å². The maximum absolute atomic E-state index is 10.9. The SMILES string of the molecule is CC(C)C(NCC1CCSCC1)C(=O)O. The van der Waals surface area contributed by atoms with Gasteiger partial charge in [0.25, 0.3) is 0 Å². The van der Waals surface area contributed by atoms with E-state index in [1.807, 2.05) is 25.6 Å². The van der Waals surface area contributed by atoms with Gasteiger partial charge in [-0.05, 0) is 42.7 Å². The van der Waals surface area contributed by atoms with Gasteiger partial charge in [-0.15, -0.1) is 0 Å². The van der Waals surface area contributed by atoms with Crippen LogP contribution in [0.2, 0.25) is 0 Å². The van der Waals surface area contributed by atoms with Crippen LogP contribution in [0.5, 0.6) is 0 Å². The van der Waals surface area contributed by atoms with Crippen LogP contribution in [0.4, 0.5) is 0 Å². The molecule has 0 aliphatic carbocycles. The van der Waals surface area contributed by atoms with Crippen molar-refractivity contribution in [2.45, 2.75) is 32.7 Å². The van der Waals surface area contributed by atoms with Crippen molar-refractivity contribution < 1.29 is 9.90 Å². The number of aliphatic carboxylic acids is 1. The summed E-state index contributed by atoms with van der Waals surface area (Å²) < 4.78 is 0. The summed E-state index contributed by atoms with van der Waals surface area (Å²) in [5, 5.41) is 12.2. The molecule has 1 fully saturated rings. The highest BCUT2D eigenvalue weighted by atomic mass is 32.2. The molecule has 0 aromatic rings. The fourth-order valence-corrected chi connectivity index (χ4v) is 3.06. The molecule has 88 valence electrons. The molecule has 1 heterocycles. The highest BCUT2D eigenvalue weighted by molar-refractivity contribution is 7.99. The molecule has 1 rings (SSSR count). The van der Waals surface area contributed by atoms with Crippen molar-refractivity contribution in [3.8, 4) is 0 Å². The second kappa shape index (κ2) is 6.38. The molecule has 0 saturated carbocycles. The molecular formula is C11H21NO2S. The number of rotatable bonds is 5. The minimum absolute atomic E-state index is 0.153. The highest BCUT2D eigenvalue weighted by Gasteiger charge is 2.22. The third-order valence-corrected chi connectivity index (χ3v) is 3.95. The molecule has 4 heteroatoms. The van der Waals surface area contributed by atoms with Gasteiger partial charge in [-0.25, -0.2) is 0 Å². The smallest absolute Gasteiger partial charge is 0.320 e. The summed E-state index contributed by atoms with van der Waals surface area (Å²) in [5.41, 5.74) is 0. The molecule has 0 aromatic heterocycles. The van der Waals surface area contributed by atoms with Gasteiger partial charge >= 0.3 is 5.97 Å². The minimum Gasteiger partial charge on any atom is -0.480 e. The second-order valence-corrected chi connectivity index (χ2v) is 5.75. The van der Waals surface area contributed by atoms with Gasteiger partial charge in [0.1, 0.15) is 6.04 Å². The average molecular weight is 231 g/mol. The largest absolute Gasteiger partial charge is 0.480 e. The zero-order chi connectivity index (χ0) is 11.3. The first-order valence-corrected chi connectivity index (χ1v) is 6.80. The van der Waals surface area contributed by atoms with Crippen LogP contribution in [0.25, 0.3) is 0 Å². The Kier molecular flexibility index (Phi) is 5.47. The quantitative estimate of drug-likeness (QED) is 0.758. The first-order valence-electron chi connectivity index (χ1n) is 5.65. The lowest BCUT2D eigenvalue weighted by Gasteiger charge is -2.25. The molecule has 1 atom stereocenters. The average Bonchev–Trinajstić information content (AvgIpc) is 2.18. The first-order chi connectivity index (χ1) is 7.11. The first kappa shape index (κ1) is 12.8. The van der Waals surface area contributed by atoms with E-state index in [0.717, 1.165) is 6.54 Å².